The van der Waals surface area contributed by atoms with E-state index in [1.54, 1.807) is 17.5 Å². The van der Waals surface area contributed by atoms with Gasteiger partial charge in [0.2, 0.25) is 0 Å². The lowest BCUT2D eigenvalue weighted by Crippen LogP contribution is -2.03. The molecule has 0 saturated carbocycles. The van der Waals surface area contributed by atoms with Gasteiger partial charge in [0.05, 0.1) is 12.7 Å². The van der Waals surface area contributed by atoms with Crippen LogP contribution in [0.3, 0.4) is 0 Å². The molecule has 2 rings (SSSR count). The van der Waals surface area contributed by atoms with E-state index in [1.807, 2.05) is 0 Å². The van der Waals surface area contributed by atoms with Crippen LogP contribution in [0.4, 0.5) is 4.39 Å². The first-order valence-electron chi connectivity index (χ1n) is 3.98. The van der Waals surface area contributed by atoms with Gasteiger partial charge in [-0.1, -0.05) is 0 Å². The summed E-state index contributed by atoms with van der Waals surface area (Å²) in [5.41, 5.74) is -0.0154. The average molecular weight is 210 g/mol. The topological polar surface area (TPSA) is 26.3 Å². The summed E-state index contributed by atoms with van der Waals surface area (Å²) in [4.78, 5) is 11.1. The van der Waals surface area contributed by atoms with Crippen LogP contribution in [0, 0.1) is 5.82 Å². The molecule has 2 aromatic rings. The molecule has 0 aliphatic carbocycles. The number of hydrogen-bond acceptors (Lipinski definition) is 3. The molecule has 0 aliphatic heterocycles. The molecule has 2 nitrogen and oxygen atoms in total. The number of ether oxygens (including phenoxy) is 1. The van der Waals surface area contributed by atoms with Crippen molar-refractivity contribution in [1.29, 1.82) is 0 Å². The van der Waals surface area contributed by atoms with Crippen molar-refractivity contribution in [1.82, 2.24) is 0 Å². The van der Waals surface area contributed by atoms with Crippen molar-refractivity contribution in [2.75, 3.05) is 7.11 Å². The number of benzene rings is 1. The molecule has 4 heteroatoms. The zero-order valence-electron chi connectivity index (χ0n) is 7.41. The molecular formula is C10H7FO2S. The van der Waals surface area contributed by atoms with Crippen LogP contribution in [0.15, 0.2) is 23.6 Å². The summed E-state index contributed by atoms with van der Waals surface area (Å²) in [6.07, 6.45) is 0. The molecular weight excluding hydrogens is 203 g/mol. The summed E-state index contributed by atoms with van der Waals surface area (Å²) in [6.45, 7) is 0. The summed E-state index contributed by atoms with van der Waals surface area (Å²) in [7, 11) is 1.24. The Morgan fingerprint density at radius 1 is 1.43 bits per heavy atom. The van der Waals surface area contributed by atoms with Crippen LogP contribution in [0.5, 0.6) is 0 Å². The van der Waals surface area contributed by atoms with Crippen LogP contribution in [-0.4, -0.2) is 13.1 Å². The van der Waals surface area contributed by atoms with Gasteiger partial charge in [0.25, 0.3) is 0 Å². The van der Waals surface area contributed by atoms with E-state index in [0.717, 1.165) is 4.70 Å². The molecule has 0 N–H and O–H groups in total. The molecule has 0 unspecified atom stereocenters. The lowest BCUT2D eigenvalue weighted by atomic mass is 10.1. The second kappa shape index (κ2) is 3.38. The second-order valence-electron chi connectivity index (χ2n) is 2.75. The van der Waals surface area contributed by atoms with Crippen LogP contribution < -0.4 is 0 Å². The van der Waals surface area contributed by atoms with E-state index in [4.69, 9.17) is 0 Å². The Bertz CT molecular complexity index is 490. The number of hydrogen-bond donors (Lipinski definition) is 0. The summed E-state index contributed by atoms with van der Waals surface area (Å²) in [6, 6.07) is 4.82. The molecule has 0 atom stereocenters. The molecule has 0 bridgehead atoms. The van der Waals surface area contributed by atoms with Gasteiger partial charge in [-0.25, -0.2) is 9.18 Å². The molecule has 72 valence electrons. The van der Waals surface area contributed by atoms with Crippen LogP contribution >= 0.6 is 11.3 Å². The fraction of sp³-hybridized carbons (Fsp3) is 0.100. The van der Waals surface area contributed by atoms with Crippen molar-refractivity contribution < 1.29 is 13.9 Å². The fourth-order valence-corrected chi connectivity index (χ4v) is 2.06. The predicted octanol–water partition coefficient (Wildman–Crippen LogP) is 2.83. The maximum atomic E-state index is 13.6. The molecule has 0 radical (unpaired) electrons. The lowest BCUT2D eigenvalue weighted by Gasteiger charge is -2.01. The first-order chi connectivity index (χ1) is 6.74. The summed E-state index contributed by atoms with van der Waals surface area (Å²) < 4.78 is 18.9. The van der Waals surface area contributed by atoms with Crippen molar-refractivity contribution in [2.24, 2.45) is 0 Å². The molecule has 0 saturated heterocycles. The SMILES string of the molecule is COC(=O)c1ccc2sccc2c1F. The number of thiophene rings is 1. The van der Waals surface area contributed by atoms with Gasteiger partial charge in [-0.05, 0) is 23.6 Å². The van der Waals surface area contributed by atoms with E-state index >= 15 is 0 Å². The minimum absolute atomic E-state index is 0.0154. The largest absolute Gasteiger partial charge is 0.465 e. The maximum absolute atomic E-state index is 13.6. The summed E-state index contributed by atoms with van der Waals surface area (Å²) >= 11 is 1.44. The zero-order valence-corrected chi connectivity index (χ0v) is 8.23. The van der Waals surface area contributed by atoms with Gasteiger partial charge < -0.3 is 4.74 Å². The first kappa shape index (κ1) is 9.15. The molecule has 0 spiro atoms. The van der Waals surface area contributed by atoms with Gasteiger partial charge in [0.15, 0.2) is 0 Å². The summed E-state index contributed by atoms with van der Waals surface area (Å²) in [5, 5.41) is 2.26. The van der Waals surface area contributed by atoms with Gasteiger partial charge in [0.1, 0.15) is 5.82 Å². The van der Waals surface area contributed by atoms with Crippen molar-refractivity contribution in [3.8, 4) is 0 Å². The smallest absolute Gasteiger partial charge is 0.340 e. The monoisotopic (exact) mass is 210 g/mol. The normalized spacial score (nSPS) is 10.4. The van der Waals surface area contributed by atoms with Crippen molar-refractivity contribution in [2.45, 2.75) is 0 Å². The Hall–Kier alpha value is -1.42. The van der Waals surface area contributed by atoms with Crippen LogP contribution in [0.2, 0.25) is 0 Å². The minimum Gasteiger partial charge on any atom is -0.465 e. The number of halogens is 1. The molecule has 0 aliphatic rings. The number of carbonyl (C=O) groups is 1. The average Bonchev–Trinajstić information content (AvgIpc) is 2.66. The highest BCUT2D eigenvalue weighted by Crippen LogP contribution is 2.25. The quantitative estimate of drug-likeness (QED) is 0.676. The molecule has 0 amide bonds. The van der Waals surface area contributed by atoms with Gasteiger partial charge in [-0.3, -0.25) is 0 Å². The highest BCUT2D eigenvalue weighted by molar-refractivity contribution is 7.17. The Kier molecular flexibility index (Phi) is 2.21. The van der Waals surface area contributed by atoms with Gasteiger partial charge in [-0.15, -0.1) is 11.3 Å². The fourth-order valence-electron chi connectivity index (χ4n) is 1.28. The molecule has 0 fully saturated rings. The van der Waals surface area contributed by atoms with Crippen molar-refractivity contribution in [3.05, 3.63) is 35.0 Å². The third-order valence-electron chi connectivity index (χ3n) is 1.97. The second-order valence-corrected chi connectivity index (χ2v) is 3.70. The number of esters is 1. The number of carbonyl (C=O) groups excluding carboxylic acids is 1. The molecule has 1 aromatic heterocycles. The van der Waals surface area contributed by atoms with E-state index in [1.165, 1.54) is 24.5 Å². The highest BCUT2D eigenvalue weighted by atomic mass is 32.1. The van der Waals surface area contributed by atoms with E-state index in [-0.39, 0.29) is 5.56 Å². The number of fused-ring (bicyclic) bond motifs is 1. The van der Waals surface area contributed by atoms with E-state index in [2.05, 4.69) is 4.74 Å². The maximum Gasteiger partial charge on any atom is 0.340 e. The molecule has 1 aromatic carbocycles. The first-order valence-corrected chi connectivity index (χ1v) is 4.86. The third-order valence-corrected chi connectivity index (χ3v) is 2.86. The Morgan fingerprint density at radius 3 is 2.93 bits per heavy atom. The Balaban J connectivity index is 2.67. The Morgan fingerprint density at radius 2 is 2.21 bits per heavy atom. The standard InChI is InChI=1S/C10H7FO2S/c1-13-10(12)7-2-3-8-6(9(7)11)4-5-14-8/h2-5H,1H3. The van der Waals surface area contributed by atoms with E-state index in [0.29, 0.717) is 5.39 Å². The van der Waals surface area contributed by atoms with Crippen LogP contribution in [-0.2, 0) is 4.74 Å². The summed E-state index contributed by atoms with van der Waals surface area (Å²) in [5.74, 6) is -1.15. The lowest BCUT2D eigenvalue weighted by molar-refractivity contribution is 0.0596. The highest BCUT2D eigenvalue weighted by Gasteiger charge is 2.14. The van der Waals surface area contributed by atoms with E-state index < -0.39 is 11.8 Å². The van der Waals surface area contributed by atoms with Gasteiger partial charge in [-0.2, -0.15) is 0 Å². The van der Waals surface area contributed by atoms with Crippen LogP contribution in [0.1, 0.15) is 10.4 Å². The number of rotatable bonds is 1. The van der Waals surface area contributed by atoms with E-state index in [9.17, 15) is 9.18 Å². The van der Waals surface area contributed by atoms with Gasteiger partial charge in [0, 0.05) is 10.1 Å². The number of methoxy groups -OCH3 is 1. The van der Waals surface area contributed by atoms with Gasteiger partial charge >= 0.3 is 5.97 Å². The third kappa shape index (κ3) is 1.28. The van der Waals surface area contributed by atoms with Crippen LogP contribution in [0.25, 0.3) is 10.1 Å². The predicted molar refractivity (Wildman–Crippen MR) is 53.1 cm³/mol. The Labute approximate surface area is 83.9 Å². The molecule has 1 heterocycles. The molecule has 14 heavy (non-hydrogen) atoms. The van der Waals surface area contributed by atoms with Crippen molar-refractivity contribution >= 4 is 27.4 Å². The van der Waals surface area contributed by atoms with Crippen molar-refractivity contribution in [3.63, 3.8) is 0 Å². The zero-order chi connectivity index (χ0) is 10.1. The minimum atomic E-state index is -0.643.